The fraction of sp³-hybridized carbons (Fsp3) is 0.167. The highest BCUT2D eigenvalue weighted by Crippen LogP contribution is 1.82. The summed E-state index contributed by atoms with van der Waals surface area (Å²) < 4.78 is 4.55. The van der Waals surface area contributed by atoms with E-state index in [1.54, 1.807) is 10.9 Å². The van der Waals surface area contributed by atoms with Gasteiger partial charge in [0.25, 0.3) is 0 Å². The van der Waals surface area contributed by atoms with E-state index in [4.69, 9.17) is 0 Å². The normalized spacial score (nSPS) is 8.11. The number of aromatic nitrogens is 2. The van der Waals surface area contributed by atoms with E-state index in [0.717, 1.165) is 0 Å². The molecular weight excluding hydrogens is 227 g/mol. The molecule has 1 aromatic rings. The second kappa shape index (κ2) is 3.51. The summed E-state index contributed by atoms with van der Waals surface area (Å²) in [4.78, 5) is 0. The Labute approximate surface area is 67.4 Å². The first kappa shape index (κ1) is 6.62. The zero-order valence-corrected chi connectivity index (χ0v) is 6.87. The summed E-state index contributed by atoms with van der Waals surface area (Å²) in [5.74, 6) is 2.89. The van der Waals surface area contributed by atoms with Crippen LogP contribution in [0.15, 0.2) is 18.5 Å². The highest BCUT2D eigenvalue weighted by molar-refractivity contribution is 14.1. The number of halogens is 1. The Balaban J connectivity index is 2.54. The van der Waals surface area contributed by atoms with Gasteiger partial charge in [0.15, 0.2) is 0 Å². The Morgan fingerprint density at radius 1 is 1.67 bits per heavy atom. The van der Waals surface area contributed by atoms with Gasteiger partial charge in [-0.25, -0.2) is 0 Å². The maximum absolute atomic E-state index is 3.96. The number of nitrogens with zero attached hydrogens (tertiary/aromatic N) is 2. The van der Waals surface area contributed by atoms with Gasteiger partial charge in [0.1, 0.15) is 6.54 Å². The summed E-state index contributed by atoms with van der Waals surface area (Å²) in [6, 6.07) is 1.88. The number of hydrogen-bond donors (Lipinski definition) is 0. The third-order valence-electron chi connectivity index (χ3n) is 0.867. The highest BCUT2D eigenvalue weighted by Gasteiger charge is 1.80. The summed E-state index contributed by atoms with van der Waals surface area (Å²) in [6.07, 6.45) is 3.63. The molecule has 0 aliphatic carbocycles. The molecule has 0 saturated heterocycles. The second-order valence-electron chi connectivity index (χ2n) is 1.47. The third-order valence-corrected chi connectivity index (χ3v) is 1.25. The molecule has 2 nitrogen and oxygen atoms in total. The van der Waals surface area contributed by atoms with Gasteiger partial charge < -0.3 is 0 Å². The number of hydrogen-bond acceptors (Lipinski definition) is 1. The molecule has 0 fully saturated rings. The van der Waals surface area contributed by atoms with E-state index < -0.39 is 0 Å². The van der Waals surface area contributed by atoms with E-state index in [2.05, 4.69) is 14.9 Å². The van der Waals surface area contributed by atoms with E-state index in [9.17, 15) is 0 Å². The summed E-state index contributed by atoms with van der Waals surface area (Å²) in [6.45, 7) is 0.690. The smallest absolute Gasteiger partial charge is 0.102 e. The van der Waals surface area contributed by atoms with Crippen LogP contribution in [0.25, 0.3) is 0 Å². The van der Waals surface area contributed by atoms with Gasteiger partial charge in [0, 0.05) is 35.0 Å². The third kappa shape index (κ3) is 2.06. The SMILES string of the molecule is IC#CCn1cccn1. The fourth-order valence-electron chi connectivity index (χ4n) is 0.505. The Bertz CT molecular complexity index is 217. The molecular formula is C6H5IN2. The quantitative estimate of drug-likeness (QED) is 0.526. The molecule has 0 unspecified atom stereocenters. The van der Waals surface area contributed by atoms with Crippen LogP contribution in [-0.2, 0) is 6.54 Å². The van der Waals surface area contributed by atoms with E-state index in [-0.39, 0.29) is 0 Å². The monoisotopic (exact) mass is 232 g/mol. The van der Waals surface area contributed by atoms with Crippen LogP contribution in [0.3, 0.4) is 0 Å². The standard InChI is InChI=1S/C6H5IN2/c7-3-1-5-9-6-2-4-8-9/h2,4,6H,5H2. The van der Waals surface area contributed by atoms with Crippen molar-refractivity contribution >= 4 is 22.6 Å². The molecule has 0 aliphatic heterocycles. The summed E-state index contributed by atoms with van der Waals surface area (Å²) in [5, 5.41) is 3.96. The predicted octanol–water partition coefficient (Wildman–Crippen LogP) is 1.28. The van der Waals surface area contributed by atoms with Crippen LogP contribution in [0, 0.1) is 9.85 Å². The van der Waals surface area contributed by atoms with Crippen molar-refractivity contribution in [3.8, 4) is 9.85 Å². The lowest BCUT2D eigenvalue weighted by Crippen LogP contribution is -1.93. The Hall–Kier alpha value is -0.500. The van der Waals surface area contributed by atoms with Gasteiger partial charge in [0.05, 0.1) is 0 Å². The zero-order chi connectivity index (χ0) is 6.53. The molecule has 0 N–H and O–H groups in total. The van der Waals surface area contributed by atoms with Gasteiger partial charge in [-0.2, -0.15) is 5.10 Å². The van der Waals surface area contributed by atoms with Crippen molar-refractivity contribution in [3.05, 3.63) is 18.5 Å². The highest BCUT2D eigenvalue weighted by atomic mass is 127. The van der Waals surface area contributed by atoms with Gasteiger partial charge >= 0.3 is 0 Å². The molecule has 0 saturated carbocycles. The van der Waals surface area contributed by atoms with Crippen LogP contribution in [0.2, 0.25) is 0 Å². The Morgan fingerprint density at radius 3 is 3.11 bits per heavy atom. The first-order chi connectivity index (χ1) is 4.43. The molecule has 9 heavy (non-hydrogen) atoms. The van der Waals surface area contributed by atoms with Crippen LogP contribution in [0.4, 0.5) is 0 Å². The lowest BCUT2D eigenvalue weighted by molar-refractivity contribution is 0.715. The molecule has 0 bridgehead atoms. The fourth-order valence-corrected chi connectivity index (χ4v) is 0.675. The predicted molar refractivity (Wildman–Crippen MR) is 44.0 cm³/mol. The van der Waals surface area contributed by atoms with Gasteiger partial charge in [-0.15, -0.1) is 0 Å². The maximum Gasteiger partial charge on any atom is 0.102 e. The minimum absolute atomic E-state index is 0.690. The zero-order valence-electron chi connectivity index (χ0n) is 4.71. The van der Waals surface area contributed by atoms with Crippen LogP contribution in [0.5, 0.6) is 0 Å². The molecule has 3 heteroatoms. The van der Waals surface area contributed by atoms with Crippen molar-refractivity contribution in [2.24, 2.45) is 0 Å². The summed E-state index contributed by atoms with van der Waals surface area (Å²) in [5.41, 5.74) is 0. The maximum atomic E-state index is 3.96. The molecule has 0 spiro atoms. The van der Waals surface area contributed by atoms with Gasteiger partial charge in [-0.05, 0) is 9.99 Å². The molecule has 0 radical (unpaired) electrons. The minimum atomic E-state index is 0.690. The first-order valence-electron chi connectivity index (χ1n) is 2.49. The molecule has 1 heterocycles. The van der Waals surface area contributed by atoms with Crippen molar-refractivity contribution < 1.29 is 0 Å². The van der Waals surface area contributed by atoms with E-state index in [0.29, 0.717) is 6.54 Å². The van der Waals surface area contributed by atoms with Crippen molar-refractivity contribution in [2.75, 3.05) is 0 Å². The molecule has 46 valence electrons. The lowest BCUT2D eigenvalue weighted by Gasteiger charge is -1.87. The van der Waals surface area contributed by atoms with Gasteiger partial charge in [-0.3, -0.25) is 4.68 Å². The van der Waals surface area contributed by atoms with Gasteiger partial charge in [-0.1, -0.05) is 5.92 Å². The van der Waals surface area contributed by atoms with Crippen molar-refractivity contribution in [1.29, 1.82) is 0 Å². The molecule has 1 rings (SSSR count). The van der Waals surface area contributed by atoms with Crippen LogP contribution in [0.1, 0.15) is 0 Å². The molecule has 0 amide bonds. The summed E-state index contributed by atoms with van der Waals surface area (Å²) in [7, 11) is 0. The van der Waals surface area contributed by atoms with Gasteiger partial charge in [0.2, 0.25) is 0 Å². The molecule has 0 atom stereocenters. The number of rotatable bonds is 1. The van der Waals surface area contributed by atoms with E-state index in [1.807, 2.05) is 34.9 Å². The lowest BCUT2D eigenvalue weighted by atomic mass is 10.7. The van der Waals surface area contributed by atoms with Crippen molar-refractivity contribution in [1.82, 2.24) is 9.78 Å². The minimum Gasteiger partial charge on any atom is -0.261 e. The average Bonchev–Trinajstić information content (AvgIpc) is 2.34. The van der Waals surface area contributed by atoms with Crippen molar-refractivity contribution in [3.63, 3.8) is 0 Å². The van der Waals surface area contributed by atoms with E-state index >= 15 is 0 Å². The average molecular weight is 232 g/mol. The Morgan fingerprint density at radius 2 is 2.56 bits per heavy atom. The topological polar surface area (TPSA) is 17.8 Å². The van der Waals surface area contributed by atoms with Crippen LogP contribution in [-0.4, -0.2) is 9.78 Å². The van der Waals surface area contributed by atoms with Crippen LogP contribution >= 0.6 is 22.6 Å². The second-order valence-corrected chi connectivity index (χ2v) is 2.01. The molecule has 0 aliphatic rings. The largest absolute Gasteiger partial charge is 0.261 e. The Kier molecular flexibility index (Phi) is 2.58. The molecule has 1 aromatic heterocycles. The molecule has 0 aromatic carbocycles. The summed E-state index contributed by atoms with van der Waals surface area (Å²) >= 11 is 2.01. The van der Waals surface area contributed by atoms with E-state index in [1.165, 1.54) is 0 Å². The first-order valence-corrected chi connectivity index (χ1v) is 3.57. The van der Waals surface area contributed by atoms with Crippen molar-refractivity contribution in [2.45, 2.75) is 6.54 Å². The van der Waals surface area contributed by atoms with Crippen LogP contribution < -0.4 is 0 Å².